The Morgan fingerprint density at radius 1 is 0.343 bits per heavy atom. The fourth-order valence-corrected chi connectivity index (χ4v) is 9.12. The van der Waals surface area contributed by atoms with Gasteiger partial charge in [-0.3, -0.25) is 0 Å². The second-order valence-electron chi connectivity index (χ2n) is 16.1. The topological polar surface area (TPSA) is 21.3 Å². The highest BCUT2D eigenvalue weighted by Gasteiger charge is 2.18. The van der Waals surface area contributed by atoms with Gasteiger partial charge in [-0.2, -0.15) is 0 Å². The maximum Gasteiger partial charge on any atom is 0.143 e. The lowest BCUT2D eigenvalue weighted by Crippen LogP contribution is -2.09. The summed E-state index contributed by atoms with van der Waals surface area (Å²) in [5, 5.41) is 3.72. The third kappa shape index (κ3) is 6.67. The van der Waals surface area contributed by atoms with Crippen molar-refractivity contribution in [3.05, 3.63) is 254 Å². The number of nitrogens with zero attached hydrogens (tertiary/aromatic N) is 2. The minimum atomic E-state index is -0.751. The number of benzene rings is 11. The first-order chi connectivity index (χ1) is 39.5. The van der Waals surface area contributed by atoms with Gasteiger partial charge in [-0.15, -0.1) is 0 Å². The number of hydrogen-bond donors (Lipinski definition) is 0. The Hall–Kier alpha value is -8.92. The summed E-state index contributed by atoms with van der Waals surface area (Å²) in [7, 11) is 0. The van der Waals surface area contributed by atoms with Gasteiger partial charge in [0.05, 0.1) is 31.6 Å². The Kier molecular flexibility index (Phi) is 6.22. The van der Waals surface area contributed by atoms with E-state index >= 15 is 0 Å². The molecule has 314 valence electrons. The van der Waals surface area contributed by atoms with Crippen LogP contribution < -0.4 is 4.90 Å². The van der Waals surface area contributed by atoms with Crippen molar-refractivity contribution in [3.8, 4) is 50.2 Å². The average molecular weight is 870 g/mol. The summed E-state index contributed by atoms with van der Waals surface area (Å²) in [5.41, 5.74) is 4.59. The minimum absolute atomic E-state index is 0.163. The third-order valence-corrected chi connectivity index (χ3v) is 12.3. The van der Waals surface area contributed by atoms with E-state index in [9.17, 15) is 6.85 Å². The molecule has 0 unspecified atom stereocenters. The SMILES string of the molecule is [2H]c1c([2H])c([2H])c(-c2c([2H])c([2H])c([2H])c3c2oc2c(-c4c([2H])c([2H])c(N(c5ccc(-c6cccc(-n7c8ccccc8c8ccccc87)c6)cc5)c5ccc(-c6ccc7ccccc7c6)cc5)c([2H])c4[2H])c([2H])c([2H])c([2H])c23)c([2H])c1[2H]. The van der Waals surface area contributed by atoms with Crippen LogP contribution in [0.2, 0.25) is 0 Å². The molecule has 0 fully saturated rings. The van der Waals surface area contributed by atoms with Gasteiger partial charge in [0.1, 0.15) is 11.2 Å². The standard InChI is InChI=1S/C64H42N2O/c1-2-14-46(15-3-1)55-21-11-23-59-60-24-12-22-56(64(60)67-63(55)59)47-33-39-53(40-34-47)65(52-37-31-45(32-38-52)50-28-27-43-13-4-5-16-48(43)41-50)51-35-29-44(30-36-51)49-17-10-18-54(42-49)66-61-25-8-6-19-57(61)58-20-7-9-26-62(58)66/h1-42H/i1D,2D,3D,11D,12D,14D,15D,21D,22D,23D,24D,33D,34D,39D,40D. The van der Waals surface area contributed by atoms with E-state index in [4.69, 9.17) is 18.1 Å². The van der Waals surface area contributed by atoms with Gasteiger partial charge in [0.2, 0.25) is 0 Å². The molecule has 0 N–H and O–H groups in total. The predicted molar refractivity (Wildman–Crippen MR) is 282 cm³/mol. The second-order valence-corrected chi connectivity index (χ2v) is 16.1. The van der Waals surface area contributed by atoms with Crippen LogP contribution in [0.25, 0.3) is 105 Å². The molecule has 0 spiro atoms. The van der Waals surface area contributed by atoms with Gasteiger partial charge in [-0.05, 0) is 111 Å². The van der Waals surface area contributed by atoms with Crippen molar-refractivity contribution < 1.29 is 25.0 Å². The van der Waals surface area contributed by atoms with Crippen molar-refractivity contribution in [1.82, 2.24) is 4.57 Å². The molecule has 3 nitrogen and oxygen atoms in total. The van der Waals surface area contributed by atoms with E-state index in [1.54, 1.807) is 4.90 Å². The molecule has 2 aromatic heterocycles. The van der Waals surface area contributed by atoms with Crippen LogP contribution in [0.3, 0.4) is 0 Å². The number of hydrogen-bond acceptors (Lipinski definition) is 2. The summed E-state index contributed by atoms with van der Waals surface area (Å²) in [4.78, 5) is 1.62. The Labute approximate surface area is 409 Å². The predicted octanol–water partition coefficient (Wildman–Crippen LogP) is 18.0. The fourth-order valence-electron chi connectivity index (χ4n) is 9.12. The van der Waals surface area contributed by atoms with Crippen molar-refractivity contribution in [3.63, 3.8) is 0 Å². The van der Waals surface area contributed by atoms with Crippen molar-refractivity contribution >= 4 is 71.6 Å². The molecule has 13 rings (SSSR count). The summed E-state index contributed by atoms with van der Waals surface area (Å²) in [6.45, 7) is 0. The first-order valence-corrected chi connectivity index (χ1v) is 21.7. The lowest BCUT2D eigenvalue weighted by molar-refractivity contribution is 0.671. The maximum absolute atomic E-state index is 9.83. The van der Waals surface area contributed by atoms with Crippen LogP contribution in [-0.4, -0.2) is 4.57 Å². The highest BCUT2D eigenvalue weighted by Crippen LogP contribution is 2.42. The van der Waals surface area contributed by atoms with Crippen LogP contribution in [0.1, 0.15) is 20.6 Å². The fraction of sp³-hybridized carbons (Fsp3) is 0. The molecule has 0 saturated heterocycles. The van der Waals surface area contributed by atoms with Crippen LogP contribution in [0, 0.1) is 0 Å². The molecule has 0 bridgehead atoms. The molecule has 0 amide bonds. The van der Waals surface area contributed by atoms with E-state index in [1.807, 2.05) is 121 Å². The van der Waals surface area contributed by atoms with Crippen molar-refractivity contribution in [1.29, 1.82) is 0 Å². The summed E-state index contributed by atoms with van der Waals surface area (Å²) in [6, 6.07) is 43.6. The number of aromatic nitrogens is 1. The van der Waals surface area contributed by atoms with E-state index < -0.39 is 124 Å². The quantitative estimate of drug-likeness (QED) is 0.152. The van der Waals surface area contributed by atoms with E-state index in [1.165, 1.54) is 0 Å². The van der Waals surface area contributed by atoms with Gasteiger partial charge in [0, 0.05) is 55.4 Å². The normalized spacial score (nSPS) is 14.7. The van der Waals surface area contributed by atoms with E-state index in [0.29, 0.717) is 11.4 Å². The molecule has 0 saturated carbocycles. The summed E-state index contributed by atoms with van der Waals surface area (Å²) < 4.78 is 145. The number of furan rings is 1. The number of anilines is 3. The highest BCUT2D eigenvalue weighted by atomic mass is 16.3. The first-order valence-electron chi connectivity index (χ1n) is 29.2. The molecule has 3 heteroatoms. The number of rotatable bonds is 8. The lowest BCUT2D eigenvalue weighted by atomic mass is 9.99. The van der Waals surface area contributed by atoms with Crippen molar-refractivity contribution in [2.45, 2.75) is 0 Å². The Morgan fingerprint density at radius 3 is 1.51 bits per heavy atom. The molecule has 13 aromatic rings. The van der Waals surface area contributed by atoms with Crippen molar-refractivity contribution in [2.75, 3.05) is 4.90 Å². The van der Waals surface area contributed by atoms with Gasteiger partial charge >= 0.3 is 0 Å². The largest absolute Gasteiger partial charge is 0.455 e. The van der Waals surface area contributed by atoms with Crippen LogP contribution in [-0.2, 0) is 0 Å². The molecule has 0 aliphatic carbocycles. The van der Waals surface area contributed by atoms with Gasteiger partial charge in [-0.1, -0.05) is 188 Å². The molecule has 0 aliphatic heterocycles. The molecule has 0 radical (unpaired) electrons. The van der Waals surface area contributed by atoms with Crippen LogP contribution in [0.15, 0.2) is 259 Å². The monoisotopic (exact) mass is 869 g/mol. The number of fused-ring (bicyclic) bond motifs is 7. The Balaban J connectivity index is 0.991. The molecular formula is C64H42N2O. The van der Waals surface area contributed by atoms with Gasteiger partial charge in [0.25, 0.3) is 0 Å². The molecule has 11 aromatic carbocycles. The minimum Gasteiger partial charge on any atom is -0.455 e. The van der Waals surface area contributed by atoms with Gasteiger partial charge in [0.15, 0.2) is 0 Å². The van der Waals surface area contributed by atoms with Crippen molar-refractivity contribution in [2.24, 2.45) is 0 Å². The zero-order chi connectivity index (χ0) is 57.3. The van der Waals surface area contributed by atoms with Gasteiger partial charge in [-0.25, -0.2) is 0 Å². The zero-order valence-corrected chi connectivity index (χ0v) is 35.4. The van der Waals surface area contributed by atoms with E-state index in [0.717, 1.165) is 60.5 Å². The number of para-hydroxylation sites is 4. The van der Waals surface area contributed by atoms with Gasteiger partial charge < -0.3 is 13.9 Å². The highest BCUT2D eigenvalue weighted by molar-refractivity contribution is 6.13. The maximum atomic E-state index is 9.83. The lowest BCUT2D eigenvalue weighted by Gasteiger charge is -2.26. The van der Waals surface area contributed by atoms with Crippen LogP contribution in [0.5, 0.6) is 0 Å². The molecule has 0 aliphatic rings. The zero-order valence-electron chi connectivity index (χ0n) is 50.4. The summed E-state index contributed by atoms with van der Waals surface area (Å²) >= 11 is 0. The Morgan fingerprint density at radius 2 is 0.881 bits per heavy atom. The van der Waals surface area contributed by atoms with Crippen LogP contribution in [0.4, 0.5) is 17.1 Å². The Bertz CT molecular complexity index is 4770. The third-order valence-electron chi connectivity index (χ3n) is 12.3. The van der Waals surface area contributed by atoms with E-state index in [-0.39, 0.29) is 16.5 Å². The smallest absolute Gasteiger partial charge is 0.143 e. The molecule has 67 heavy (non-hydrogen) atoms. The summed E-state index contributed by atoms with van der Waals surface area (Å²) in [6.07, 6.45) is 0. The molecular weight excluding hydrogens is 813 g/mol. The first kappa shape index (κ1) is 26.1. The molecule has 2 heterocycles. The average Bonchev–Trinajstić information content (AvgIpc) is 4.23. The second kappa shape index (κ2) is 16.0. The van der Waals surface area contributed by atoms with E-state index in [2.05, 4.69) is 47.0 Å². The molecule has 0 atom stereocenters. The summed E-state index contributed by atoms with van der Waals surface area (Å²) in [5.74, 6) is 0. The van der Waals surface area contributed by atoms with Crippen LogP contribution >= 0.6 is 0 Å².